The Bertz CT molecular complexity index is 1460. The van der Waals surface area contributed by atoms with Gasteiger partial charge in [0, 0.05) is 11.5 Å². The molecule has 4 aromatic carbocycles. The Balaban J connectivity index is -0.000000823. The number of nitrogens with zero attached hydrogens (tertiary/aromatic N) is 4. The molecule has 51 heavy (non-hydrogen) atoms. The molecule has 4 aromatic rings. The van der Waals surface area contributed by atoms with Crippen LogP contribution in [-0.4, -0.2) is 35.1 Å². The minimum absolute atomic E-state index is 0. The molecule has 17 heteroatoms. The summed E-state index contributed by atoms with van der Waals surface area (Å²) in [6, 6.07) is 30.9. The Morgan fingerprint density at radius 2 is 0.784 bits per heavy atom. The number of benzene rings is 4. The molecule has 0 saturated heterocycles. The number of halogens is 4. The standard InChI is InChI=1S/2C17H20N4OS.2BrH.2ClH.Cu/c2*1-13-3-5-14(6-4-13)20-21-15-7-9-16(10-8-15)22-11-2-12-23-17(18)19;;;;;/h2*3-10H,2,11-12H2,1H3,(H3,18,19);4*1H;/q;;;;;;+2/p-2. The number of hydrogen-bond donors (Lipinski definition) is 4. The predicted molar refractivity (Wildman–Crippen MR) is 191 cm³/mol. The first kappa shape index (κ1) is 52.7. The largest absolute Gasteiger partial charge is 2.00 e. The van der Waals surface area contributed by atoms with Crippen LogP contribution < -0.4 is 90.5 Å². The van der Waals surface area contributed by atoms with Gasteiger partial charge in [0.25, 0.3) is 10.3 Å². The maximum absolute atomic E-state index is 5.64. The van der Waals surface area contributed by atoms with Crippen molar-refractivity contribution in [2.24, 2.45) is 31.9 Å². The molecule has 4 rings (SSSR count). The van der Waals surface area contributed by atoms with Crippen molar-refractivity contribution in [3.63, 3.8) is 0 Å². The van der Waals surface area contributed by atoms with E-state index < -0.39 is 0 Å². The third-order valence-electron chi connectivity index (χ3n) is 5.96. The summed E-state index contributed by atoms with van der Waals surface area (Å²) in [5.41, 5.74) is 16.4. The van der Waals surface area contributed by atoms with Gasteiger partial charge in [0.1, 0.15) is 11.5 Å². The molecule has 0 aliphatic rings. The van der Waals surface area contributed by atoms with Gasteiger partial charge in [-0.3, -0.25) is 22.3 Å². The Labute approximate surface area is 353 Å². The molecule has 0 heterocycles. The summed E-state index contributed by atoms with van der Waals surface area (Å²) >= 11 is 2.88. The monoisotopic (exact) mass is 949 g/mol. The number of rotatable bonds is 14. The molecule has 8 N–H and O–H groups in total. The first-order chi connectivity index (χ1) is 22.3. The second-order valence-corrected chi connectivity index (χ2v) is 12.3. The van der Waals surface area contributed by atoms with Gasteiger partial charge in [-0.15, -0.1) is 0 Å². The second-order valence-electron chi connectivity index (χ2n) is 9.96. The molecule has 0 aliphatic heterocycles. The molecule has 0 aliphatic carbocycles. The van der Waals surface area contributed by atoms with E-state index in [-0.39, 0.29) is 75.8 Å². The fraction of sp³-hybridized carbons (Fsp3) is 0.235. The molecule has 0 unspecified atom stereocenters. The topological polar surface area (TPSA) is 171 Å². The van der Waals surface area contributed by atoms with E-state index in [1.807, 2.05) is 111 Å². The predicted octanol–water partition coefficient (Wildman–Crippen LogP) is -6.01. The fourth-order valence-corrected chi connectivity index (χ4v) is 4.55. The molecule has 0 atom stereocenters. The molecule has 0 bridgehead atoms. The summed E-state index contributed by atoms with van der Waals surface area (Å²) in [5, 5.41) is 28.4. The summed E-state index contributed by atoms with van der Waals surface area (Å²) in [6.07, 6.45) is 1.77. The van der Waals surface area contributed by atoms with Crippen LogP contribution in [-0.2, 0) is 17.1 Å². The van der Waals surface area contributed by atoms with Crippen molar-refractivity contribution in [3.05, 3.63) is 108 Å². The number of thioether (sulfide) groups is 2. The van der Waals surface area contributed by atoms with E-state index >= 15 is 0 Å². The van der Waals surface area contributed by atoms with Crippen LogP contribution in [0.4, 0.5) is 22.7 Å². The van der Waals surface area contributed by atoms with Crippen molar-refractivity contribution in [3.8, 4) is 11.5 Å². The summed E-state index contributed by atoms with van der Waals surface area (Å²) in [4.78, 5) is 0. The maximum Gasteiger partial charge on any atom is 2.00 e. The smallest absolute Gasteiger partial charge is 1.00 e. The zero-order valence-corrected chi connectivity index (χ0v) is 35.3. The normalized spacial score (nSPS) is 9.76. The SMILES string of the molecule is Cc1ccc(N=Nc2ccc(OCCCSC(N)=[NH2+])cc2)cc1.Cc1ccc(N=Nc2ccc(OCCCSC(N)=[NH2+])cc2)cc1.[Br-].[Br-].[Cl-].[Cl-].[Cu+2]. The average molecular weight is 953 g/mol. The Morgan fingerprint density at radius 3 is 1.04 bits per heavy atom. The van der Waals surface area contributed by atoms with Gasteiger partial charge in [-0.2, -0.15) is 20.5 Å². The molecule has 0 saturated carbocycles. The Morgan fingerprint density at radius 1 is 0.529 bits per heavy atom. The van der Waals surface area contributed by atoms with E-state index in [4.69, 9.17) is 31.8 Å². The van der Waals surface area contributed by atoms with Crippen LogP contribution in [0.3, 0.4) is 0 Å². The van der Waals surface area contributed by atoms with Gasteiger partial charge in [-0.05, 0) is 123 Å². The van der Waals surface area contributed by atoms with E-state index in [9.17, 15) is 0 Å². The maximum atomic E-state index is 5.64. The molecular formula is C34H42Br2Cl2CuN8O2S2. The number of nitrogens with two attached hydrogens (primary N) is 4. The molecule has 0 fully saturated rings. The first-order valence-corrected chi connectivity index (χ1v) is 16.7. The third-order valence-corrected chi connectivity index (χ3v) is 7.61. The number of ether oxygens (including phenoxy) is 2. The van der Waals surface area contributed by atoms with Crippen molar-refractivity contribution >= 4 is 56.6 Å². The van der Waals surface area contributed by atoms with E-state index in [0.29, 0.717) is 23.5 Å². The number of hydrogen-bond acceptors (Lipinski definition) is 8. The van der Waals surface area contributed by atoms with Crippen LogP contribution in [0.15, 0.2) is 118 Å². The Hall–Kier alpha value is -2.62. The van der Waals surface area contributed by atoms with Crippen LogP contribution in [0, 0.1) is 13.8 Å². The van der Waals surface area contributed by atoms with Crippen LogP contribution in [0.2, 0.25) is 0 Å². The minimum atomic E-state index is 0. The van der Waals surface area contributed by atoms with Crippen LogP contribution in [0.25, 0.3) is 0 Å². The quantitative estimate of drug-likeness (QED) is 0.0323. The first-order valence-electron chi connectivity index (χ1n) is 14.7. The van der Waals surface area contributed by atoms with Gasteiger partial charge in [0.15, 0.2) is 0 Å². The van der Waals surface area contributed by atoms with Crippen molar-refractivity contribution in [2.75, 3.05) is 24.7 Å². The third kappa shape index (κ3) is 24.3. The van der Waals surface area contributed by atoms with Crippen molar-refractivity contribution < 1.29 is 96.1 Å². The average Bonchev–Trinajstić information content (AvgIpc) is 3.05. The summed E-state index contributed by atoms with van der Waals surface area (Å²) in [5.74, 6) is 3.33. The minimum Gasteiger partial charge on any atom is -1.00 e. The fourth-order valence-electron chi connectivity index (χ4n) is 3.55. The molecule has 0 spiro atoms. The van der Waals surface area contributed by atoms with Gasteiger partial charge in [-0.1, -0.05) is 35.4 Å². The van der Waals surface area contributed by atoms with Crippen molar-refractivity contribution in [1.82, 2.24) is 0 Å². The molecular weight excluding hydrogens is 911 g/mol. The van der Waals surface area contributed by atoms with Crippen LogP contribution in [0.1, 0.15) is 24.0 Å². The molecule has 0 amide bonds. The van der Waals surface area contributed by atoms with Gasteiger partial charge < -0.3 is 68.3 Å². The molecule has 10 nitrogen and oxygen atoms in total. The molecule has 0 aromatic heterocycles. The number of amidine groups is 2. The zero-order valence-electron chi connectivity index (χ0n) is 28.0. The second kappa shape index (κ2) is 31.0. The Kier molecular flexibility index (Phi) is 32.0. The van der Waals surface area contributed by atoms with E-state index in [1.54, 1.807) is 0 Å². The zero-order chi connectivity index (χ0) is 33.0. The van der Waals surface area contributed by atoms with Crippen molar-refractivity contribution in [2.45, 2.75) is 26.7 Å². The summed E-state index contributed by atoms with van der Waals surface area (Å²) < 4.78 is 11.3. The van der Waals surface area contributed by atoms with Gasteiger partial charge in [-0.25, -0.2) is 0 Å². The summed E-state index contributed by atoms with van der Waals surface area (Å²) in [7, 11) is 0. The van der Waals surface area contributed by atoms with E-state index in [1.165, 1.54) is 34.7 Å². The molecule has 1 radical (unpaired) electrons. The van der Waals surface area contributed by atoms with Crippen LogP contribution >= 0.6 is 23.5 Å². The van der Waals surface area contributed by atoms with Gasteiger partial charge in [0.2, 0.25) is 0 Å². The number of aryl methyl sites for hydroxylation is 2. The van der Waals surface area contributed by atoms with Gasteiger partial charge >= 0.3 is 17.1 Å². The van der Waals surface area contributed by atoms with E-state index in [0.717, 1.165) is 58.6 Å². The molecule has 281 valence electrons. The number of azo groups is 2. The summed E-state index contributed by atoms with van der Waals surface area (Å²) in [6.45, 7) is 5.35. The van der Waals surface area contributed by atoms with Crippen LogP contribution in [0.5, 0.6) is 11.5 Å². The van der Waals surface area contributed by atoms with E-state index in [2.05, 4.69) is 20.5 Å². The van der Waals surface area contributed by atoms with Gasteiger partial charge in [0.05, 0.1) is 36.0 Å². The van der Waals surface area contributed by atoms with Crippen molar-refractivity contribution in [1.29, 1.82) is 0 Å².